The van der Waals surface area contributed by atoms with Gasteiger partial charge in [0.25, 0.3) is 0 Å². The average Bonchev–Trinajstić information content (AvgIpc) is 2.76. The van der Waals surface area contributed by atoms with Crippen LogP contribution in [0.2, 0.25) is 0 Å². The zero-order chi connectivity index (χ0) is 15.4. The first-order valence-electron chi connectivity index (χ1n) is 7.50. The first kappa shape index (κ1) is 15.6. The van der Waals surface area contributed by atoms with Crippen LogP contribution >= 0.6 is 0 Å². The van der Waals surface area contributed by atoms with E-state index in [0.717, 1.165) is 29.7 Å². The molecule has 0 atom stereocenters. The first-order chi connectivity index (χ1) is 9.97. The molecule has 1 amide bonds. The fourth-order valence-electron chi connectivity index (χ4n) is 3.00. The van der Waals surface area contributed by atoms with Crippen molar-refractivity contribution in [1.29, 1.82) is 0 Å². The molecule has 0 saturated heterocycles. The average molecular weight is 293 g/mol. The van der Waals surface area contributed by atoms with Gasteiger partial charge in [0.05, 0.1) is 12.2 Å². The summed E-state index contributed by atoms with van der Waals surface area (Å²) in [6, 6.07) is 0. The van der Waals surface area contributed by atoms with Crippen molar-refractivity contribution < 1.29 is 19.1 Å². The molecule has 1 aromatic heterocycles. The monoisotopic (exact) mass is 293 g/mol. The topological polar surface area (TPSA) is 79.5 Å². The summed E-state index contributed by atoms with van der Waals surface area (Å²) in [5, 5.41) is 11.9. The van der Waals surface area contributed by atoms with E-state index in [9.17, 15) is 9.59 Å². The van der Waals surface area contributed by atoms with Crippen LogP contribution in [-0.2, 0) is 16.1 Å². The van der Waals surface area contributed by atoms with Crippen molar-refractivity contribution in [3.8, 4) is 0 Å². The third kappa shape index (κ3) is 4.09. The Hall–Kier alpha value is -1.78. The standard InChI is InChI=1S/C16H23NO4/c1-10-9-21-11(2)14(10)8-17-15(18)7-12-3-5-13(6-4-12)16(19)20/h9,12-13H,3-8H2,1-2H3,(H,17,18)(H,19,20). The van der Waals surface area contributed by atoms with E-state index in [2.05, 4.69) is 5.32 Å². The summed E-state index contributed by atoms with van der Waals surface area (Å²) in [6.07, 6.45) is 5.22. The molecule has 0 bridgehead atoms. The Labute approximate surface area is 124 Å². The van der Waals surface area contributed by atoms with E-state index < -0.39 is 5.97 Å². The summed E-state index contributed by atoms with van der Waals surface area (Å²) in [5.41, 5.74) is 2.09. The number of hydrogen-bond acceptors (Lipinski definition) is 3. The van der Waals surface area contributed by atoms with Crippen LogP contribution in [0, 0.1) is 25.7 Å². The summed E-state index contributed by atoms with van der Waals surface area (Å²) in [6.45, 7) is 4.35. The van der Waals surface area contributed by atoms with Gasteiger partial charge in [-0.15, -0.1) is 0 Å². The summed E-state index contributed by atoms with van der Waals surface area (Å²) < 4.78 is 5.30. The number of carboxylic acid groups (broad SMARTS) is 1. The Morgan fingerprint density at radius 3 is 2.48 bits per heavy atom. The lowest BCUT2D eigenvalue weighted by Crippen LogP contribution is -2.28. The van der Waals surface area contributed by atoms with Gasteiger partial charge in [0.2, 0.25) is 5.91 Å². The number of nitrogens with one attached hydrogen (secondary N) is 1. The van der Waals surface area contributed by atoms with Crippen LogP contribution in [0.4, 0.5) is 0 Å². The smallest absolute Gasteiger partial charge is 0.306 e. The van der Waals surface area contributed by atoms with Gasteiger partial charge in [0.15, 0.2) is 0 Å². The van der Waals surface area contributed by atoms with Crippen molar-refractivity contribution in [1.82, 2.24) is 5.32 Å². The molecule has 2 rings (SSSR count). The van der Waals surface area contributed by atoms with Crippen LogP contribution < -0.4 is 5.32 Å². The minimum atomic E-state index is -0.705. The normalized spacial score (nSPS) is 22.0. The molecule has 0 radical (unpaired) electrons. The number of rotatable bonds is 5. The molecule has 0 unspecified atom stereocenters. The molecule has 2 N–H and O–H groups in total. The lowest BCUT2D eigenvalue weighted by molar-refractivity contribution is -0.143. The molecule has 116 valence electrons. The van der Waals surface area contributed by atoms with Crippen LogP contribution in [0.15, 0.2) is 10.7 Å². The van der Waals surface area contributed by atoms with Crippen molar-refractivity contribution >= 4 is 11.9 Å². The molecule has 0 aliphatic heterocycles. The van der Waals surface area contributed by atoms with Crippen molar-refractivity contribution in [3.63, 3.8) is 0 Å². The van der Waals surface area contributed by atoms with Gasteiger partial charge in [-0.05, 0) is 51.0 Å². The van der Waals surface area contributed by atoms with Crippen LogP contribution in [0.1, 0.15) is 49.0 Å². The number of carbonyl (C=O) groups is 2. The van der Waals surface area contributed by atoms with Crippen molar-refractivity contribution in [2.24, 2.45) is 11.8 Å². The fourth-order valence-corrected chi connectivity index (χ4v) is 3.00. The summed E-state index contributed by atoms with van der Waals surface area (Å²) in [7, 11) is 0. The predicted octanol–water partition coefficient (Wildman–Crippen LogP) is 2.79. The van der Waals surface area contributed by atoms with Gasteiger partial charge >= 0.3 is 5.97 Å². The maximum Gasteiger partial charge on any atom is 0.306 e. The highest BCUT2D eigenvalue weighted by atomic mass is 16.4. The van der Waals surface area contributed by atoms with E-state index in [4.69, 9.17) is 9.52 Å². The zero-order valence-corrected chi connectivity index (χ0v) is 12.6. The van der Waals surface area contributed by atoms with Gasteiger partial charge in [0.1, 0.15) is 5.76 Å². The predicted molar refractivity (Wildman–Crippen MR) is 77.7 cm³/mol. The fraction of sp³-hybridized carbons (Fsp3) is 0.625. The number of furan rings is 1. The minimum absolute atomic E-state index is 0.0359. The lowest BCUT2D eigenvalue weighted by Gasteiger charge is -2.25. The Morgan fingerprint density at radius 1 is 1.29 bits per heavy atom. The van der Waals surface area contributed by atoms with Crippen molar-refractivity contribution in [3.05, 3.63) is 23.2 Å². The molecule has 5 heteroatoms. The Kier molecular flexibility index (Phi) is 5.04. The minimum Gasteiger partial charge on any atom is -0.481 e. The van der Waals surface area contributed by atoms with E-state index in [-0.39, 0.29) is 11.8 Å². The van der Waals surface area contributed by atoms with Crippen molar-refractivity contribution in [2.75, 3.05) is 0 Å². The highest BCUT2D eigenvalue weighted by Crippen LogP contribution is 2.30. The molecular weight excluding hydrogens is 270 g/mol. The molecular formula is C16H23NO4. The molecule has 1 fully saturated rings. The third-order valence-electron chi connectivity index (χ3n) is 4.45. The van der Waals surface area contributed by atoms with Crippen LogP contribution in [0.3, 0.4) is 0 Å². The highest BCUT2D eigenvalue weighted by molar-refractivity contribution is 5.76. The lowest BCUT2D eigenvalue weighted by atomic mass is 9.80. The van der Waals surface area contributed by atoms with Crippen LogP contribution in [-0.4, -0.2) is 17.0 Å². The van der Waals surface area contributed by atoms with E-state index in [1.807, 2.05) is 13.8 Å². The van der Waals surface area contributed by atoms with Gasteiger partial charge in [-0.3, -0.25) is 9.59 Å². The number of amides is 1. The van der Waals surface area contributed by atoms with Gasteiger partial charge < -0.3 is 14.8 Å². The molecule has 1 aliphatic carbocycles. The number of carbonyl (C=O) groups excluding carboxylic acids is 1. The summed E-state index contributed by atoms with van der Waals surface area (Å²) in [5.74, 6) is 0.264. The Bertz CT molecular complexity index is 493. The molecule has 21 heavy (non-hydrogen) atoms. The van der Waals surface area contributed by atoms with Gasteiger partial charge in [0, 0.05) is 18.5 Å². The number of aryl methyl sites for hydroxylation is 2. The number of carboxylic acids is 1. The second kappa shape index (κ2) is 6.78. The largest absolute Gasteiger partial charge is 0.481 e. The molecule has 0 aromatic carbocycles. The van der Waals surface area contributed by atoms with E-state index in [1.54, 1.807) is 6.26 Å². The molecule has 1 heterocycles. The molecule has 1 saturated carbocycles. The zero-order valence-electron chi connectivity index (χ0n) is 12.6. The molecule has 1 aliphatic rings. The van der Waals surface area contributed by atoms with E-state index in [1.165, 1.54) is 0 Å². The Morgan fingerprint density at radius 2 is 1.95 bits per heavy atom. The maximum atomic E-state index is 12.0. The van der Waals surface area contributed by atoms with Gasteiger partial charge in [-0.25, -0.2) is 0 Å². The third-order valence-corrected chi connectivity index (χ3v) is 4.45. The van der Waals surface area contributed by atoms with E-state index >= 15 is 0 Å². The summed E-state index contributed by atoms with van der Waals surface area (Å²) in [4.78, 5) is 22.9. The number of hydrogen-bond donors (Lipinski definition) is 2. The summed E-state index contributed by atoms with van der Waals surface area (Å²) >= 11 is 0. The highest BCUT2D eigenvalue weighted by Gasteiger charge is 2.27. The van der Waals surface area contributed by atoms with Gasteiger partial charge in [-0.2, -0.15) is 0 Å². The number of aliphatic carboxylic acids is 1. The molecule has 0 spiro atoms. The van der Waals surface area contributed by atoms with Crippen molar-refractivity contribution in [2.45, 2.75) is 52.5 Å². The quantitative estimate of drug-likeness (QED) is 0.875. The Balaban J connectivity index is 1.74. The molecule has 5 nitrogen and oxygen atoms in total. The maximum absolute atomic E-state index is 12.0. The van der Waals surface area contributed by atoms with Gasteiger partial charge in [-0.1, -0.05) is 0 Å². The van der Waals surface area contributed by atoms with Crippen LogP contribution in [0.5, 0.6) is 0 Å². The first-order valence-corrected chi connectivity index (χ1v) is 7.50. The van der Waals surface area contributed by atoms with Crippen LogP contribution in [0.25, 0.3) is 0 Å². The van der Waals surface area contributed by atoms with E-state index in [0.29, 0.717) is 31.7 Å². The second-order valence-electron chi connectivity index (χ2n) is 5.99. The molecule has 1 aromatic rings. The second-order valence-corrected chi connectivity index (χ2v) is 5.99. The SMILES string of the molecule is Cc1coc(C)c1CNC(=O)CC1CCC(C(=O)O)CC1.